The van der Waals surface area contributed by atoms with Crippen LogP contribution in [0.15, 0.2) is 48.5 Å². The number of carbonyl (C=O) groups is 2. The first-order valence-corrected chi connectivity index (χ1v) is 13.4. The molecule has 0 spiro atoms. The molecule has 0 aromatic heterocycles. The molecule has 198 valence electrons. The molecule has 0 aliphatic heterocycles. The van der Waals surface area contributed by atoms with Crippen molar-refractivity contribution in [2.24, 2.45) is 5.92 Å². The molecule has 0 saturated carbocycles. The summed E-state index contributed by atoms with van der Waals surface area (Å²) in [6, 6.07) is 12.1. The van der Waals surface area contributed by atoms with Gasteiger partial charge in [-0.15, -0.1) is 0 Å². The minimum atomic E-state index is -4.22. The fourth-order valence-electron chi connectivity index (χ4n) is 3.71. The third-order valence-corrected chi connectivity index (χ3v) is 7.45. The number of para-hydroxylation sites is 1. The highest BCUT2D eigenvalue weighted by Gasteiger charge is 2.34. The maximum atomic E-state index is 14.7. The van der Waals surface area contributed by atoms with Gasteiger partial charge < -0.3 is 10.2 Å². The van der Waals surface area contributed by atoms with Crippen molar-refractivity contribution in [3.05, 3.63) is 65.5 Å². The summed E-state index contributed by atoms with van der Waals surface area (Å²) in [5.41, 5.74) is 1.54. The van der Waals surface area contributed by atoms with E-state index in [1.54, 1.807) is 6.92 Å². The van der Waals surface area contributed by atoms with Crippen LogP contribution in [0.2, 0.25) is 0 Å². The summed E-state index contributed by atoms with van der Waals surface area (Å²) in [4.78, 5) is 28.2. The molecule has 1 N–H and O–H groups in total. The fraction of sp³-hybridized carbons (Fsp3) is 0.462. The number of nitrogens with one attached hydrogen (secondary N) is 1. The average molecular weight is 521 g/mol. The molecule has 0 fully saturated rings. The Hall–Kier alpha value is -2.98. The van der Waals surface area contributed by atoms with Crippen LogP contribution in [0.25, 0.3) is 0 Å². The highest BCUT2D eigenvalue weighted by molar-refractivity contribution is 7.90. The number of anilines is 1. The first-order valence-electron chi connectivity index (χ1n) is 12.0. The van der Waals surface area contributed by atoms with Crippen LogP contribution in [0, 0.1) is 18.7 Å². The summed E-state index contributed by atoms with van der Waals surface area (Å²) >= 11 is 0. The van der Waals surface area contributed by atoms with Crippen LogP contribution in [-0.4, -0.2) is 62.7 Å². The largest absolute Gasteiger partial charge is 0.354 e. The number of benzene rings is 2. The number of nitrogens with zero attached hydrogens (tertiary/aromatic N) is 3. The van der Waals surface area contributed by atoms with Crippen molar-refractivity contribution in [2.45, 2.75) is 46.7 Å². The molecule has 2 amide bonds. The summed E-state index contributed by atoms with van der Waals surface area (Å²) < 4.78 is 42.6. The number of amides is 2. The third-order valence-electron chi connectivity index (χ3n) is 5.65. The van der Waals surface area contributed by atoms with Gasteiger partial charge in [-0.1, -0.05) is 62.7 Å². The van der Waals surface area contributed by atoms with E-state index in [4.69, 9.17) is 0 Å². The van der Waals surface area contributed by atoms with Crippen molar-refractivity contribution in [3.8, 4) is 0 Å². The highest BCUT2D eigenvalue weighted by Crippen LogP contribution is 2.24. The summed E-state index contributed by atoms with van der Waals surface area (Å²) in [5.74, 6) is -1.49. The molecule has 0 aliphatic carbocycles. The first kappa shape index (κ1) is 29.3. The fourth-order valence-corrected chi connectivity index (χ4v) is 4.77. The topological polar surface area (TPSA) is 90.0 Å². The molecular formula is C26H37FN4O4S. The molecule has 2 rings (SSSR count). The van der Waals surface area contributed by atoms with Crippen LogP contribution in [0.4, 0.5) is 10.1 Å². The zero-order chi connectivity index (χ0) is 27.0. The molecule has 10 heteroatoms. The summed E-state index contributed by atoms with van der Waals surface area (Å²) in [6.07, 6.45) is 0.321. The Bertz CT molecular complexity index is 1150. The minimum Gasteiger partial charge on any atom is -0.354 e. The average Bonchev–Trinajstić information content (AvgIpc) is 2.81. The molecule has 0 heterocycles. The zero-order valence-corrected chi connectivity index (χ0v) is 22.7. The molecule has 2 aromatic carbocycles. The zero-order valence-electron chi connectivity index (χ0n) is 21.9. The van der Waals surface area contributed by atoms with Gasteiger partial charge in [0.15, 0.2) is 0 Å². The molecule has 0 aliphatic rings. The van der Waals surface area contributed by atoms with Gasteiger partial charge in [0.05, 0.1) is 5.69 Å². The standard InChI is InChI=1S/C26H37FN4O4S/c1-7-23(26(33)28-16-19(2)3)30(17-21-12-10-11-20(4)15-21)25(32)18-31(36(34,35)29(5)6)24-14-9-8-13-22(24)27/h8-15,19,23H,7,16-18H2,1-6H3,(H,28,33)/t23-/m1/s1. The van der Waals surface area contributed by atoms with E-state index in [0.717, 1.165) is 25.8 Å². The highest BCUT2D eigenvalue weighted by atomic mass is 32.2. The van der Waals surface area contributed by atoms with Gasteiger partial charge in [-0.3, -0.25) is 9.59 Å². The van der Waals surface area contributed by atoms with E-state index in [9.17, 15) is 22.4 Å². The lowest BCUT2D eigenvalue weighted by Crippen LogP contribution is -2.53. The van der Waals surface area contributed by atoms with E-state index >= 15 is 0 Å². The van der Waals surface area contributed by atoms with Crippen molar-refractivity contribution >= 4 is 27.7 Å². The predicted octanol–water partition coefficient (Wildman–Crippen LogP) is 3.33. The SMILES string of the molecule is CC[C@H](C(=O)NCC(C)C)N(Cc1cccc(C)c1)C(=O)CN(c1ccccc1F)S(=O)(=O)N(C)C. The molecule has 8 nitrogen and oxygen atoms in total. The van der Waals surface area contributed by atoms with Crippen molar-refractivity contribution in [1.82, 2.24) is 14.5 Å². The van der Waals surface area contributed by atoms with Gasteiger partial charge in [0, 0.05) is 27.2 Å². The Morgan fingerprint density at radius 3 is 2.28 bits per heavy atom. The number of hydrogen-bond donors (Lipinski definition) is 1. The molecule has 0 unspecified atom stereocenters. The Kier molecular flexibility index (Phi) is 10.4. The lowest BCUT2D eigenvalue weighted by molar-refractivity contribution is -0.140. The second-order valence-electron chi connectivity index (χ2n) is 9.32. The summed E-state index contributed by atoms with van der Waals surface area (Å²) in [5, 5.41) is 2.88. The lowest BCUT2D eigenvalue weighted by atomic mass is 10.1. The van der Waals surface area contributed by atoms with E-state index in [-0.39, 0.29) is 24.1 Å². The molecule has 0 saturated heterocycles. The van der Waals surface area contributed by atoms with Crippen LogP contribution in [-0.2, 0) is 26.3 Å². The lowest BCUT2D eigenvalue weighted by Gasteiger charge is -2.34. The van der Waals surface area contributed by atoms with Gasteiger partial charge in [-0.2, -0.15) is 12.7 Å². The molecule has 0 radical (unpaired) electrons. The van der Waals surface area contributed by atoms with Crippen molar-refractivity contribution in [1.29, 1.82) is 0 Å². The molecular weight excluding hydrogens is 483 g/mol. The Morgan fingerprint density at radius 1 is 1.06 bits per heavy atom. The number of rotatable bonds is 12. The number of halogens is 1. The quantitative estimate of drug-likeness (QED) is 0.465. The van der Waals surface area contributed by atoms with E-state index in [1.807, 2.05) is 45.0 Å². The predicted molar refractivity (Wildman–Crippen MR) is 140 cm³/mol. The Balaban J connectivity index is 2.50. The first-order chi connectivity index (χ1) is 16.9. The second-order valence-corrected chi connectivity index (χ2v) is 11.4. The normalized spacial score (nSPS) is 12.5. The summed E-state index contributed by atoms with van der Waals surface area (Å²) in [6.45, 7) is 7.53. The maximum absolute atomic E-state index is 14.7. The van der Waals surface area contributed by atoms with Crippen LogP contribution in [0.1, 0.15) is 38.3 Å². The van der Waals surface area contributed by atoms with Crippen molar-refractivity contribution in [3.63, 3.8) is 0 Å². The van der Waals surface area contributed by atoms with Gasteiger partial charge in [0.1, 0.15) is 18.4 Å². The molecule has 0 bridgehead atoms. The van der Waals surface area contributed by atoms with Crippen molar-refractivity contribution < 1.29 is 22.4 Å². The van der Waals surface area contributed by atoms with Crippen LogP contribution < -0.4 is 9.62 Å². The van der Waals surface area contributed by atoms with Gasteiger partial charge in [-0.05, 0) is 37.0 Å². The van der Waals surface area contributed by atoms with E-state index < -0.39 is 34.5 Å². The van der Waals surface area contributed by atoms with Gasteiger partial charge in [0.2, 0.25) is 11.8 Å². The van der Waals surface area contributed by atoms with E-state index in [2.05, 4.69) is 5.32 Å². The van der Waals surface area contributed by atoms with E-state index in [0.29, 0.717) is 13.0 Å². The smallest absolute Gasteiger partial charge is 0.304 e. The minimum absolute atomic E-state index is 0.0985. The van der Waals surface area contributed by atoms with Gasteiger partial charge in [0.25, 0.3) is 0 Å². The third kappa shape index (κ3) is 7.51. The number of carbonyl (C=O) groups excluding carboxylic acids is 2. The van der Waals surface area contributed by atoms with Crippen molar-refractivity contribution in [2.75, 3.05) is 31.5 Å². The van der Waals surface area contributed by atoms with Gasteiger partial charge in [-0.25, -0.2) is 8.70 Å². The van der Waals surface area contributed by atoms with Gasteiger partial charge >= 0.3 is 10.2 Å². The maximum Gasteiger partial charge on any atom is 0.304 e. The number of hydrogen-bond acceptors (Lipinski definition) is 4. The van der Waals surface area contributed by atoms with Crippen LogP contribution in [0.3, 0.4) is 0 Å². The summed E-state index contributed by atoms with van der Waals surface area (Å²) in [7, 11) is -1.59. The second kappa shape index (κ2) is 12.8. The molecule has 2 aromatic rings. The molecule has 36 heavy (non-hydrogen) atoms. The van der Waals surface area contributed by atoms with E-state index in [1.165, 1.54) is 37.2 Å². The Labute approximate surface area is 214 Å². The Morgan fingerprint density at radius 2 is 1.72 bits per heavy atom. The van der Waals surface area contributed by atoms with Crippen LogP contribution >= 0.6 is 0 Å². The van der Waals surface area contributed by atoms with Crippen LogP contribution in [0.5, 0.6) is 0 Å². The molecule has 1 atom stereocenters. The number of aryl methyl sites for hydroxylation is 1. The monoisotopic (exact) mass is 520 g/mol.